The van der Waals surface area contributed by atoms with Crippen molar-refractivity contribution in [3.05, 3.63) is 58.7 Å². The maximum atomic E-state index is 12.4. The lowest BCUT2D eigenvalue weighted by Crippen LogP contribution is -2.25. The zero-order chi connectivity index (χ0) is 18.3. The van der Waals surface area contributed by atoms with E-state index in [0.717, 1.165) is 11.2 Å². The van der Waals surface area contributed by atoms with Crippen LogP contribution in [0.15, 0.2) is 41.8 Å². The Kier molecular flexibility index (Phi) is 3.76. The van der Waals surface area contributed by atoms with Crippen LogP contribution in [0.3, 0.4) is 0 Å². The molecule has 0 aliphatic heterocycles. The third kappa shape index (κ3) is 2.73. The molecule has 0 spiro atoms. The van der Waals surface area contributed by atoms with Crippen LogP contribution in [-0.2, 0) is 29.7 Å². The van der Waals surface area contributed by atoms with Crippen molar-refractivity contribution in [1.29, 1.82) is 0 Å². The van der Waals surface area contributed by atoms with Crippen molar-refractivity contribution in [2.24, 2.45) is 7.05 Å². The average molecular weight is 352 g/mol. The largest absolute Gasteiger partial charge is 0.458 e. The minimum absolute atomic E-state index is 0.0390. The summed E-state index contributed by atoms with van der Waals surface area (Å²) in [6.07, 6.45) is 6.45. The van der Waals surface area contributed by atoms with E-state index in [1.54, 1.807) is 7.05 Å². The van der Waals surface area contributed by atoms with Crippen LogP contribution in [0, 0.1) is 6.92 Å². The van der Waals surface area contributed by atoms with Crippen LogP contribution >= 0.6 is 0 Å². The van der Waals surface area contributed by atoms with Gasteiger partial charge in [-0.25, -0.2) is 9.97 Å². The molecule has 4 heterocycles. The van der Waals surface area contributed by atoms with Crippen molar-refractivity contribution in [1.82, 2.24) is 28.7 Å². The molecule has 0 atom stereocenters. The van der Waals surface area contributed by atoms with E-state index >= 15 is 0 Å². The van der Waals surface area contributed by atoms with Crippen molar-refractivity contribution in [2.75, 3.05) is 0 Å². The molecule has 0 saturated carbocycles. The summed E-state index contributed by atoms with van der Waals surface area (Å²) in [5, 5.41) is 4.35. The Bertz CT molecular complexity index is 1190. The summed E-state index contributed by atoms with van der Waals surface area (Å²) in [6, 6.07) is 3.89. The van der Waals surface area contributed by atoms with E-state index in [1.165, 1.54) is 21.8 Å². The Morgan fingerprint density at radius 3 is 2.96 bits per heavy atom. The zero-order valence-electron chi connectivity index (χ0n) is 14.3. The van der Waals surface area contributed by atoms with Crippen LogP contribution < -0.4 is 5.56 Å². The van der Waals surface area contributed by atoms with E-state index in [1.807, 2.05) is 35.9 Å². The summed E-state index contributed by atoms with van der Waals surface area (Å²) in [5.41, 5.74) is 2.64. The number of carbonyl (C=O) groups excluding carboxylic acids is 1. The van der Waals surface area contributed by atoms with Gasteiger partial charge in [-0.3, -0.25) is 18.8 Å². The number of aromatic nitrogens is 6. The van der Waals surface area contributed by atoms with Crippen molar-refractivity contribution >= 4 is 22.6 Å². The summed E-state index contributed by atoms with van der Waals surface area (Å²) >= 11 is 0. The van der Waals surface area contributed by atoms with Crippen LogP contribution in [0.2, 0.25) is 0 Å². The molecular formula is C17H16N6O3. The van der Waals surface area contributed by atoms with Gasteiger partial charge in [-0.05, 0) is 18.6 Å². The van der Waals surface area contributed by atoms with E-state index in [9.17, 15) is 9.59 Å². The molecule has 9 heteroatoms. The fourth-order valence-electron chi connectivity index (χ4n) is 2.79. The molecule has 4 aromatic heterocycles. The lowest BCUT2D eigenvalue weighted by Gasteiger charge is -2.05. The molecule has 0 aromatic carbocycles. The van der Waals surface area contributed by atoms with Gasteiger partial charge in [0.25, 0.3) is 5.56 Å². The molecule has 0 unspecified atom stereocenters. The summed E-state index contributed by atoms with van der Waals surface area (Å²) in [5.74, 6) is -0.536. The highest BCUT2D eigenvalue weighted by Crippen LogP contribution is 2.10. The first-order valence-electron chi connectivity index (χ1n) is 7.99. The number of imidazole rings is 1. The molecule has 4 aromatic rings. The molecule has 0 N–H and O–H groups in total. The van der Waals surface area contributed by atoms with Gasteiger partial charge in [0.1, 0.15) is 30.5 Å². The summed E-state index contributed by atoms with van der Waals surface area (Å²) in [7, 11) is 1.70. The quantitative estimate of drug-likeness (QED) is 0.505. The standard InChI is InChI=1S/C17H16N6O3/c1-11-4-3-5-22-7-12(20-15(11)22)9-26-14(24)8-23-10-18-16-13(17(23)25)6-19-21(16)2/h3-7,10H,8-9H2,1-2H3. The predicted molar refractivity (Wildman–Crippen MR) is 92.5 cm³/mol. The number of esters is 1. The number of rotatable bonds is 4. The Balaban J connectivity index is 1.47. The minimum atomic E-state index is -0.536. The number of hydrogen-bond acceptors (Lipinski definition) is 6. The molecule has 0 fully saturated rings. The van der Waals surface area contributed by atoms with Gasteiger partial charge >= 0.3 is 5.97 Å². The van der Waals surface area contributed by atoms with Crippen LogP contribution in [0.1, 0.15) is 11.3 Å². The van der Waals surface area contributed by atoms with Gasteiger partial charge < -0.3 is 9.14 Å². The van der Waals surface area contributed by atoms with E-state index in [4.69, 9.17) is 4.74 Å². The molecule has 0 amide bonds. The molecule has 0 bridgehead atoms. The van der Waals surface area contributed by atoms with E-state index in [-0.39, 0.29) is 18.7 Å². The van der Waals surface area contributed by atoms with Gasteiger partial charge in [0.15, 0.2) is 5.65 Å². The molecule has 4 rings (SSSR count). The smallest absolute Gasteiger partial charge is 0.326 e. The van der Waals surface area contributed by atoms with Crippen LogP contribution in [0.4, 0.5) is 0 Å². The molecule has 9 nitrogen and oxygen atoms in total. The Morgan fingerprint density at radius 1 is 1.31 bits per heavy atom. The molecule has 26 heavy (non-hydrogen) atoms. The molecule has 0 radical (unpaired) electrons. The topological polar surface area (TPSA) is 96.3 Å². The SMILES string of the molecule is Cc1cccn2cc(COC(=O)Cn3cnc4c(cnn4C)c3=O)nc12. The van der Waals surface area contributed by atoms with E-state index < -0.39 is 5.97 Å². The summed E-state index contributed by atoms with van der Waals surface area (Å²) < 4.78 is 9.84. The van der Waals surface area contributed by atoms with Crippen LogP contribution in [0.5, 0.6) is 0 Å². The lowest BCUT2D eigenvalue weighted by molar-refractivity contribution is -0.145. The normalized spacial score (nSPS) is 11.3. The van der Waals surface area contributed by atoms with Crippen molar-refractivity contribution < 1.29 is 9.53 Å². The van der Waals surface area contributed by atoms with Gasteiger partial charge in [-0.1, -0.05) is 6.07 Å². The van der Waals surface area contributed by atoms with Crippen molar-refractivity contribution in [3.8, 4) is 0 Å². The van der Waals surface area contributed by atoms with E-state index in [2.05, 4.69) is 15.1 Å². The monoisotopic (exact) mass is 352 g/mol. The number of hydrogen-bond donors (Lipinski definition) is 0. The van der Waals surface area contributed by atoms with Crippen molar-refractivity contribution in [3.63, 3.8) is 0 Å². The Hall–Kier alpha value is -3.49. The zero-order valence-corrected chi connectivity index (χ0v) is 14.3. The van der Waals surface area contributed by atoms with E-state index in [0.29, 0.717) is 16.7 Å². The third-order valence-electron chi connectivity index (χ3n) is 4.13. The second kappa shape index (κ2) is 6.10. The molecule has 0 saturated heterocycles. The number of aryl methyl sites for hydroxylation is 2. The predicted octanol–water partition coefficient (Wildman–Crippen LogP) is 0.830. The third-order valence-corrected chi connectivity index (χ3v) is 4.13. The first-order chi connectivity index (χ1) is 12.5. The van der Waals surface area contributed by atoms with Gasteiger partial charge in [-0.15, -0.1) is 0 Å². The van der Waals surface area contributed by atoms with Crippen LogP contribution in [0.25, 0.3) is 16.7 Å². The number of nitrogens with zero attached hydrogens (tertiary/aromatic N) is 6. The Morgan fingerprint density at radius 2 is 2.15 bits per heavy atom. The fourth-order valence-corrected chi connectivity index (χ4v) is 2.79. The number of carbonyl (C=O) groups is 1. The minimum Gasteiger partial charge on any atom is -0.458 e. The highest BCUT2D eigenvalue weighted by atomic mass is 16.5. The maximum absolute atomic E-state index is 12.4. The first-order valence-corrected chi connectivity index (χ1v) is 7.99. The average Bonchev–Trinajstić information content (AvgIpc) is 3.21. The maximum Gasteiger partial charge on any atom is 0.326 e. The summed E-state index contributed by atoms with van der Waals surface area (Å²) in [6.45, 7) is 1.78. The van der Waals surface area contributed by atoms with Crippen LogP contribution in [-0.4, -0.2) is 34.7 Å². The Labute approximate surface area is 147 Å². The number of pyridine rings is 1. The van der Waals surface area contributed by atoms with Gasteiger partial charge in [0, 0.05) is 19.4 Å². The second-order valence-electron chi connectivity index (χ2n) is 6.00. The molecule has 132 valence electrons. The fraction of sp³-hybridized carbons (Fsp3) is 0.235. The molecule has 0 aliphatic rings. The van der Waals surface area contributed by atoms with Gasteiger partial charge in [0.2, 0.25) is 0 Å². The lowest BCUT2D eigenvalue weighted by atomic mass is 10.3. The number of ether oxygens (including phenoxy) is 1. The highest BCUT2D eigenvalue weighted by molar-refractivity contribution is 5.74. The molecule has 0 aliphatic carbocycles. The number of fused-ring (bicyclic) bond motifs is 2. The van der Waals surface area contributed by atoms with Gasteiger partial charge in [0.05, 0.1) is 11.9 Å². The highest BCUT2D eigenvalue weighted by Gasteiger charge is 2.12. The molecular weight excluding hydrogens is 336 g/mol. The summed E-state index contributed by atoms with van der Waals surface area (Å²) in [4.78, 5) is 33.0. The van der Waals surface area contributed by atoms with Gasteiger partial charge in [-0.2, -0.15) is 5.10 Å². The second-order valence-corrected chi connectivity index (χ2v) is 6.00. The van der Waals surface area contributed by atoms with Crippen molar-refractivity contribution in [2.45, 2.75) is 20.1 Å². The first kappa shape index (κ1) is 16.0.